The van der Waals surface area contributed by atoms with Gasteiger partial charge in [0.2, 0.25) is 0 Å². The van der Waals surface area contributed by atoms with E-state index in [2.05, 4.69) is 36.2 Å². The van der Waals surface area contributed by atoms with Gasteiger partial charge in [0.15, 0.2) is 0 Å². The van der Waals surface area contributed by atoms with E-state index in [4.69, 9.17) is 14.5 Å². The van der Waals surface area contributed by atoms with Gasteiger partial charge in [0.1, 0.15) is 5.75 Å². The predicted octanol–water partition coefficient (Wildman–Crippen LogP) is 4.73. The molecule has 5 rings (SSSR count). The van der Waals surface area contributed by atoms with Gasteiger partial charge in [-0.3, -0.25) is 4.79 Å². The Morgan fingerprint density at radius 3 is 2.79 bits per heavy atom. The number of nitrogens with zero attached hydrogens (tertiary/aromatic N) is 2. The number of methoxy groups -OCH3 is 1. The first-order valence-corrected chi connectivity index (χ1v) is 13.4. The molecular formula is C33H33N3O3. The molecule has 1 amide bonds. The van der Waals surface area contributed by atoms with Crippen LogP contribution in [0.5, 0.6) is 5.75 Å². The lowest BCUT2D eigenvalue weighted by molar-refractivity contribution is 0.0952. The van der Waals surface area contributed by atoms with Crippen LogP contribution in [0.15, 0.2) is 60.7 Å². The molecule has 0 radical (unpaired) electrons. The number of rotatable bonds is 7. The van der Waals surface area contributed by atoms with E-state index in [0.717, 1.165) is 44.3 Å². The number of benzene rings is 2. The van der Waals surface area contributed by atoms with Crippen molar-refractivity contribution in [3.8, 4) is 23.1 Å². The third kappa shape index (κ3) is 5.64. The molecule has 1 atom stereocenters. The Balaban J connectivity index is 1.34. The fourth-order valence-electron chi connectivity index (χ4n) is 5.13. The molecular weight excluding hydrogens is 486 g/mol. The smallest absolute Gasteiger partial charge is 0.251 e. The third-order valence-electron chi connectivity index (χ3n) is 7.64. The van der Waals surface area contributed by atoms with Gasteiger partial charge in [0, 0.05) is 17.7 Å². The molecule has 0 bridgehead atoms. The number of fused-ring (bicyclic) bond motifs is 1. The van der Waals surface area contributed by atoms with Gasteiger partial charge in [-0.1, -0.05) is 37.3 Å². The first-order valence-electron chi connectivity index (χ1n) is 13.4. The minimum Gasteiger partial charge on any atom is -0.496 e. The first kappa shape index (κ1) is 26.4. The molecule has 3 aromatic rings. The van der Waals surface area contributed by atoms with Crippen LogP contribution in [-0.2, 0) is 11.3 Å². The molecule has 39 heavy (non-hydrogen) atoms. The van der Waals surface area contributed by atoms with E-state index in [-0.39, 0.29) is 18.4 Å². The predicted molar refractivity (Wildman–Crippen MR) is 153 cm³/mol. The molecule has 198 valence electrons. The summed E-state index contributed by atoms with van der Waals surface area (Å²) in [5.74, 6) is 0.881. The largest absolute Gasteiger partial charge is 0.496 e. The van der Waals surface area contributed by atoms with E-state index in [0.29, 0.717) is 24.7 Å². The van der Waals surface area contributed by atoms with Crippen molar-refractivity contribution in [2.45, 2.75) is 44.6 Å². The minimum absolute atomic E-state index is 0.212. The fraction of sp³-hybridized carbons (Fsp3) is 0.303. The second-order valence-electron chi connectivity index (χ2n) is 10.1. The number of nitrogens with one attached hydrogen (secondary N) is 1. The summed E-state index contributed by atoms with van der Waals surface area (Å²) in [7, 11) is 1.70. The molecule has 1 aliphatic heterocycles. The molecule has 1 N–H and O–H groups in total. The van der Waals surface area contributed by atoms with E-state index >= 15 is 0 Å². The zero-order valence-corrected chi connectivity index (χ0v) is 22.5. The number of ether oxygens (including phenoxy) is 2. The zero-order valence-electron chi connectivity index (χ0n) is 22.5. The standard InChI is InChI=1S/C33H33N3O3/c1-4-22-11-13-30(28-12-10-24(16-32(28)38-3)23-6-5-7-23)36-31(22)14-21(2)18-35-33(37)25-8-9-26-19-39-20-27(17-34)29(26)15-25/h4,8-16,23,27H,2,5-7,18-20H2,1,3H3,(H,35,37)/b22-4-,31-14+. The van der Waals surface area contributed by atoms with Crippen LogP contribution < -0.4 is 20.6 Å². The monoisotopic (exact) mass is 519 g/mol. The van der Waals surface area contributed by atoms with Gasteiger partial charge in [-0.05, 0) is 89.6 Å². The van der Waals surface area contributed by atoms with Gasteiger partial charge in [-0.15, -0.1) is 0 Å². The van der Waals surface area contributed by atoms with E-state index < -0.39 is 0 Å². The highest BCUT2D eigenvalue weighted by Crippen LogP contribution is 2.39. The zero-order chi connectivity index (χ0) is 27.4. The van der Waals surface area contributed by atoms with Crippen molar-refractivity contribution in [2.24, 2.45) is 0 Å². The van der Waals surface area contributed by atoms with Gasteiger partial charge in [-0.25, -0.2) is 4.98 Å². The highest BCUT2D eigenvalue weighted by Gasteiger charge is 2.22. The summed E-state index contributed by atoms with van der Waals surface area (Å²) in [6.45, 7) is 7.21. The van der Waals surface area contributed by atoms with Crippen LogP contribution >= 0.6 is 0 Å². The number of nitriles is 1. The Morgan fingerprint density at radius 1 is 1.23 bits per heavy atom. The van der Waals surface area contributed by atoms with Crippen molar-refractivity contribution in [3.05, 3.63) is 93.5 Å². The Bertz CT molecular complexity index is 1580. The van der Waals surface area contributed by atoms with Crippen LogP contribution in [0.2, 0.25) is 0 Å². The van der Waals surface area contributed by atoms with E-state index in [9.17, 15) is 10.1 Å². The number of carbonyl (C=O) groups excluding carboxylic acids is 1. The summed E-state index contributed by atoms with van der Waals surface area (Å²) in [4.78, 5) is 17.8. The highest BCUT2D eigenvalue weighted by atomic mass is 16.5. The van der Waals surface area contributed by atoms with Crippen LogP contribution in [0.25, 0.3) is 23.4 Å². The first-order chi connectivity index (χ1) is 19.0. The van der Waals surface area contributed by atoms with Crippen molar-refractivity contribution >= 4 is 18.1 Å². The van der Waals surface area contributed by atoms with Gasteiger partial charge < -0.3 is 14.8 Å². The second kappa shape index (κ2) is 11.7. The molecule has 6 nitrogen and oxygen atoms in total. The Kier molecular flexibility index (Phi) is 7.90. The van der Waals surface area contributed by atoms with Crippen molar-refractivity contribution in [2.75, 3.05) is 20.3 Å². The number of amides is 1. The van der Waals surface area contributed by atoms with Gasteiger partial charge >= 0.3 is 0 Å². The summed E-state index contributed by atoms with van der Waals surface area (Å²) in [6, 6.07) is 18.2. The Labute approximate surface area is 229 Å². The summed E-state index contributed by atoms with van der Waals surface area (Å²) in [5.41, 5.74) is 6.16. The normalized spacial score (nSPS) is 17.6. The van der Waals surface area contributed by atoms with Crippen molar-refractivity contribution in [3.63, 3.8) is 0 Å². The molecule has 1 aromatic heterocycles. The second-order valence-corrected chi connectivity index (χ2v) is 10.1. The quantitative estimate of drug-likeness (QED) is 0.488. The van der Waals surface area contributed by atoms with Crippen LogP contribution in [0, 0.1) is 11.3 Å². The molecule has 0 spiro atoms. The average Bonchev–Trinajstić information content (AvgIpc) is 2.94. The molecule has 2 aliphatic rings. The van der Waals surface area contributed by atoms with Crippen molar-refractivity contribution < 1.29 is 14.3 Å². The summed E-state index contributed by atoms with van der Waals surface area (Å²) in [5, 5.41) is 14.1. The molecule has 1 unspecified atom stereocenters. The maximum absolute atomic E-state index is 12.9. The lowest BCUT2D eigenvalue weighted by Gasteiger charge is -2.26. The molecule has 2 heterocycles. The number of aromatic nitrogens is 1. The maximum atomic E-state index is 12.9. The Hall–Kier alpha value is -4.21. The van der Waals surface area contributed by atoms with Gasteiger partial charge in [0.05, 0.1) is 43.4 Å². The molecule has 1 saturated carbocycles. The highest BCUT2D eigenvalue weighted by molar-refractivity contribution is 5.94. The minimum atomic E-state index is -0.361. The average molecular weight is 520 g/mol. The number of pyridine rings is 1. The fourth-order valence-corrected chi connectivity index (χ4v) is 5.13. The van der Waals surface area contributed by atoms with Gasteiger partial charge in [-0.2, -0.15) is 5.26 Å². The number of hydrogen-bond acceptors (Lipinski definition) is 5. The maximum Gasteiger partial charge on any atom is 0.251 e. The molecule has 6 heteroatoms. The molecule has 1 fully saturated rings. The summed E-state index contributed by atoms with van der Waals surface area (Å²) in [6.07, 6.45) is 7.68. The van der Waals surface area contributed by atoms with Crippen LogP contribution in [0.1, 0.15) is 65.1 Å². The third-order valence-corrected chi connectivity index (χ3v) is 7.64. The van der Waals surface area contributed by atoms with E-state index in [1.54, 1.807) is 19.2 Å². The summed E-state index contributed by atoms with van der Waals surface area (Å²) >= 11 is 0. The topological polar surface area (TPSA) is 84.2 Å². The lowest BCUT2D eigenvalue weighted by Crippen LogP contribution is -2.30. The van der Waals surface area contributed by atoms with Crippen LogP contribution in [0.4, 0.5) is 0 Å². The number of hydrogen-bond donors (Lipinski definition) is 1. The molecule has 0 saturated heterocycles. The SMILES string of the molecule is C=C(/C=c1/nc(-c2ccc(C3CCC3)cc2OC)cc/c1=C/C)CNC(=O)c1ccc2c(c1)C(C#N)COC2. The summed E-state index contributed by atoms with van der Waals surface area (Å²) < 4.78 is 11.2. The van der Waals surface area contributed by atoms with Crippen molar-refractivity contribution in [1.29, 1.82) is 5.26 Å². The molecule has 2 aromatic carbocycles. The van der Waals surface area contributed by atoms with E-state index in [1.165, 1.54) is 24.8 Å². The molecule has 1 aliphatic carbocycles. The number of carbonyl (C=O) groups is 1. The van der Waals surface area contributed by atoms with E-state index in [1.807, 2.05) is 37.3 Å². The Morgan fingerprint density at radius 2 is 2.08 bits per heavy atom. The lowest BCUT2D eigenvalue weighted by atomic mass is 9.79. The van der Waals surface area contributed by atoms with Crippen LogP contribution in [-0.4, -0.2) is 31.2 Å². The van der Waals surface area contributed by atoms with Gasteiger partial charge in [0.25, 0.3) is 5.91 Å². The van der Waals surface area contributed by atoms with Crippen molar-refractivity contribution in [1.82, 2.24) is 10.3 Å². The van der Waals surface area contributed by atoms with Crippen LogP contribution in [0.3, 0.4) is 0 Å².